The van der Waals surface area contributed by atoms with Crippen LogP contribution in [-0.2, 0) is 9.53 Å². The number of rotatable bonds is 11. The Kier molecular flexibility index (Phi) is 8.81. The average Bonchev–Trinajstić information content (AvgIpc) is 3.18. The molecular weight excluding hydrogens is 492 g/mol. The zero-order valence-electron chi connectivity index (χ0n) is 18.7. The fourth-order valence-corrected chi connectivity index (χ4v) is 4.40. The third-order valence-electron chi connectivity index (χ3n) is 4.84. The van der Waals surface area contributed by atoms with E-state index in [9.17, 15) is 4.79 Å². The summed E-state index contributed by atoms with van der Waals surface area (Å²) in [5, 5.41) is 8.62. The Balaban J connectivity index is 2.12. The van der Waals surface area contributed by atoms with Crippen LogP contribution in [0, 0.1) is 0 Å². The normalized spacial score (nSPS) is 15.2. The van der Waals surface area contributed by atoms with E-state index in [1.54, 1.807) is 22.5 Å². The molecule has 1 aromatic carbocycles. The quantitative estimate of drug-likeness (QED) is 0.175. The summed E-state index contributed by atoms with van der Waals surface area (Å²) in [6.45, 7) is 10.5. The molecule has 172 valence electrons. The minimum atomic E-state index is -0.541. The van der Waals surface area contributed by atoms with Gasteiger partial charge < -0.3 is 14.8 Å². The summed E-state index contributed by atoms with van der Waals surface area (Å²) in [5.41, 5.74) is 1.96. The van der Waals surface area contributed by atoms with Gasteiger partial charge in [-0.1, -0.05) is 60.6 Å². The molecule has 7 nitrogen and oxygen atoms in total. The Morgan fingerprint density at radius 2 is 2.19 bits per heavy atom. The summed E-state index contributed by atoms with van der Waals surface area (Å²) in [4.78, 5) is 17.8. The Hall–Kier alpha value is -2.26. The van der Waals surface area contributed by atoms with Crippen molar-refractivity contribution in [3.8, 4) is 5.75 Å². The van der Waals surface area contributed by atoms with Gasteiger partial charge in [-0.15, -0.1) is 5.10 Å². The number of anilines is 1. The maximum Gasteiger partial charge on any atom is 0.338 e. The van der Waals surface area contributed by atoms with Gasteiger partial charge in [-0.05, 0) is 38.0 Å². The lowest BCUT2D eigenvalue weighted by Crippen LogP contribution is -2.30. The molecule has 1 unspecified atom stereocenters. The Labute approximate surface area is 201 Å². The van der Waals surface area contributed by atoms with Gasteiger partial charge in [0.25, 0.3) is 0 Å². The van der Waals surface area contributed by atoms with E-state index in [-0.39, 0.29) is 6.61 Å². The second kappa shape index (κ2) is 11.6. The number of aromatic nitrogens is 3. The van der Waals surface area contributed by atoms with Crippen molar-refractivity contribution in [2.75, 3.05) is 24.3 Å². The van der Waals surface area contributed by atoms with Crippen LogP contribution in [0.3, 0.4) is 0 Å². The predicted octanol–water partition coefficient (Wildman–Crippen LogP) is 5.74. The summed E-state index contributed by atoms with van der Waals surface area (Å²) in [6.07, 6.45) is 4.54. The summed E-state index contributed by atoms with van der Waals surface area (Å²) in [5.74, 6) is 1.78. The number of nitrogens with zero attached hydrogens (tertiary/aromatic N) is 3. The van der Waals surface area contributed by atoms with Crippen LogP contribution in [0.5, 0.6) is 5.75 Å². The SMILES string of the molecule is C=CCOC(=O)C1=C(C)Nc2nc(SCCC)nn2C1c1cc(Br)ccc1OCCCC. The van der Waals surface area contributed by atoms with Gasteiger partial charge in [-0.2, -0.15) is 4.98 Å². The second-order valence-electron chi connectivity index (χ2n) is 7.35. The second-order valence-corrected chi connectivity index (χ2v) is 9.33. The molecule has 1 atom stereocenters. The van der Waals surface area contributed by atoms with Gasteiger partial charge in [-0.25, -0.2) is 9.48 Å². The molecule has 9 heteroatoms. The van der Waals surface area contributed by atoms with Crippen LogP contribution in [-0.4, -0.2) is 39.7 Å². The van der Waals surface area contributed by atoms with Crippen molar-refractivity contribution in [3.63, 3.8) is 0 Å². The highest BCUT2D eigenvalue weighted by molar-refractivity contribution is 9.10. The highest BCUT2D eigenvalue weighted by atomic mass is 79.9. The van der Waals surface area contributed by atoms with E-state index in [0.717, 1.165) is 35.1 Å². The third kappa shape index (κ3) is 5.56. The molecule has 1 aliphatic heterocycles. The van der Waals surface area contributed by atoms with Crippen LogP contribution in [0.15, 0.2) is 51.8 Å². The Morgan fingerprint density at radius 1 is 1.38 bits per heavy atom. The number of ether oxygens (including phenoxy) is 2. The lowest BCUT2D eigenvalue weighted by atomic mass is 9.95. The lowest BCUT2D eigenvalue weighted by Gasteiger charge is -2.29. The smallest absolute Gasteiger partial charge is 0.338 e. The van der Waals surface area contributed by atoms with Crippen molar-refractivity contribution in [1.82, 2.24) is 14.8 Å². The van der Waals surface area contributed by atoms with E-state index in [4.69, 9.17) is 14.6 Å². The highest BCUT2D eigenvalue weighted by Crippen LogP contribution is 2.41. The number of hydrogen-bond donors (Lipinski definition) is 1. The molecule has 1 aliphatic rings. The number of carbonyl (C=O) groups is 1. The molecule has 3 rings (SSSR count). The van der Waals surface area contributed by atoms with Crippen molar-refractivity contribution in [3.05, 3.63) is 52.2 Å². The fourth-order valence-electron chi connectivity index (χ4n) is 3.34. The largest absolute Gasteiger partial charge is 0.493 e. The minimum absolute atomic E-state index is 0.127. The Morgan fingerprint density at radius 3 is 2.91 bits per heavy atom. The zero-order valence-corrected chi connectivity index (χ0v) is 21.1. The highest BCUT2D eigenvalue weighted by Gasteiger charge is 2.37. The van der Waals surface area contributed by atoms with Crippen LogP contribution in [0.1, 0.15) is 51.6 Å². The fraction of sp³-hybridized carbons (Fsp3) is 0.435. The molecule has 0 saturated heterocycles. The summed E-state index contributed by atoms with van der Waals surface area (Å²) in [7, 11) is 0. The molecule has 1 N–H and O–H groups in total. The number of halogens is 1. The zero-order chi connectivity index (χ0) is 23.1. The molecular formula is C23H29BrN4O3S. The van der Waals surface area contributed by atoms with Crippen LogP contribution >= 0.6 is 27.7 Å². The number of thioether (sulfide) groups is 1. The van der Waals surface area contributed by atoms with Crippen LogP contribution in [0.4, 0.5) is 5.95 Å². The van der Waals surface area contributed by atoms with Gasteiger partial charge in [-0.3, -0.25) is 0 Å². The molecule has 2 aromatic rings. The predicted molar refractivity (Wildman–Crippen MR) is 131 cm³/mol. The first-order valence-electron chi connectivity index (χ1n) is 10.8. The number of fused-ring (bicyclic) bond motifs is 1. The lowest BCUT2D eigenvalue weighted by molar-refractivity contribution is -0.138. The van der Waals surface area contributed by atoms with E-state index in [1.165, 1.54) is 0 Å². The van der Waals surface area contributed by atoms with Crippen LogP contribution < -0.4 is 10.1 Å². The topological polar surface area (TPSA) is 78.3 Å². The van der Waals surface area contributed by atoms with E-state index >= 15 is 0 Å². The summed E-state index contributed by atoms with van der Waals surface area (Å²) >= 11 is 5.16. The number of benzene rings is 1. The molecule has 0 radical (unpaired) electrons. The molecule has 0 spiro atoms. The first-order valence-corrected chi connectivity index (χ1v) is 12.5. The number of nitrogens with one attached hydrogen (secondary N) is 1. The standard InChI is InChI=1S/C23H29BrN4O3S/c1-5-8-12-30-18-10-9-16(24)14-17(18)20-19(21(29)31-11-6-2)15(4)25-22-26-23(27-28(20)22)32-13-7-3/h6,9-10,14,20H,2,5,7-8,11-13H2,1,3-4H3,(H,25,26,27). The molecule has 2 heterocycles. The van der Waals surface area contributed by atoms with Gasteiger partial charge in [0.1, 0.15) is 18.4 Å². The summed E-state index contributed by atoms with van der Waals surface area (Å²) < 4.78 is 14.2. The van der Waals surface area contributed by atoms with Crippen molar-refractivity contribution in [2.24, 2.45) is 0 Å². The Bertz CT molecular complexity index is 1010. The summed E-state index contributed by atoms with van der Waals surface area (Å²) in [6, 6.07) is 5.28. The molecule has 0 aliphatic carbocycles. The van der Waals surface area contributed by atoms with E-state index in [2.05, 4.69) is 46.7 Å². The van der Waals surface area contributed by atoms with Crippen molar-refractivity contribution in [2.45, 2.75) is 51.2 Å². The van der Waals surface area contributed by atoms with Crippen molar-refractivity contribution in [1.29, 1.82) is 0 Å². The van der Waals surface area contributed by atoms with Gasteiger partial charge in [0.05, 0.1) is 12.2 Å². The number of esters is 1. The van der Waals surface area contributed by atoms with Crippen LogP contribution in [0.2, 0.25) is 0 Å². The average molecular weight is 521 g/mol. The molecule has 0 bridgehead atoms. The molecule has 32 heavy (non-hydrogen) atoms. The number of hydrogen-bond acceptors (Lipinski definition) is 7. The minimum Gasteiger partial charge on any atom is -0.493 e. The van der Waals surface area contributed by atoms with Gasteiger partial charge in [0.2, 0.25) is 11.1 Å². The maximum absolute atomic E-state index is 13.1. The molecule has 0 amide bonds. The monoisotopic (exact) mass is 520 g/mol. The number of unbranched alkanes of at least 4 members (excludes halogenated alkanes) is 1. The third-order valence-corrected chi connectivity index (χ3v) is 6.38. The van der Waals surface area contributed by atoms with E-state index < -0.39 is 12.0 Å². The van der Waals surface area contributed by atoms with Crippen LogP contribution in [0.25, 0.3) is 0 Å². The first kappa shape index (κ1) is 24.4. The molecule has 1 aromatic heterocycles. The molecule has 0 saturated carbocycles. The van der Waals surface area contributed by atoms with Gasteiger partial charge in [0, 0.05) is 21.5 Å². The van der Waals surface area contributed by atoms with Gasteiger partial charge in [0.15, 0.2) is 0 Å². The maximum atomic E-state index is 13.1. The number of carbonyl (C=O) groups excluding carboxylic acids is 1. The van der Waals surface area contributed by atoms with E-state index in [1.807, 2.05) is 25.1 Å². The van der Waals surface area contributed by atoms with Crippen molar-refractivity contribution < 1.29 is 14.3 Å². The first-order chi connectivity index (χ1) is 15.5. The molecule has 0 fully saturated rings. The van der Waals surface area contributed by atoms with Gasteiger partial charge >= 0.3 is 5.97 Å². The van der Waals surface area contributed by atoms with Crippen molar-refractivity contribution >= 4 is 39.6 Å². The van der Waals surface area contributed by atoms with E-state index in [0.29, 0.717) is 34.7 Å². The number of allylic oxidation sites excluding steroid dienone is 1.